The van der Waals surface area contributed by atoms with Crippen LogP contribution in [0.1, 0.15) is 23.5 Å². The normalized spacial score (nSPS) is 15.2. The van der Waals surface area contributed by atoms with Crippen LogP contribution in [-0.4, -0.2) is 18.2 Å². The topological polar surface area (TPSA) is 43.4 Å². The van der Waals surface area contributed by atoms with Crippen LogP contribution in [-0.2, 0) is 6.54 Å². The highest BCUT2D eigenvalue weighted by Gasteiger charge is 2.16. The van der Waals surface area contributed by atoms with Crippen molar-refractivity contribution in [1.82, 2.24) is 10.3 Å². The molecule has 4 nitrogen and oxygen atoms in total. The second-order valence-corrected chi connectivity index (χ2v) is 5.34. The minimum atomic E-state index is 0.236. The SMILES string of the molecule is CC(NCc1cccc2c1OCCO2)c1nccs1. The van der Waals surface area contributed by atoms with E-state index >= 15 is 0 Å². The van der Waals surface area contributed by atoms with E-state index < -0.39 is 0 Å². The highest BCUT2D eigenvalue weighted by atomic mass is 32.1. The summed E-state index contributed by atoms with van der Waals surface area (Å²) in [5.41, 5.74) is 1.13. The van der Waals surface area contributed by atoms with Crippen molar-refractivity contribution in [1.29, 1.82) is 0 Å². The summed E-state index contributed by atoms with van der Waals surface area (Å²) in [5.74, 6) is 1.71. The van der Waals surface area contributed by atoms with Crippen LogP contribution in [0, 0.1) is 0 Å². The van der Waals surface area contributed by atoms with E-state index in [1.165, 1.54) is 0 Å². The maximum atomic E-state index is 5.70. The maximum absolute atomic E-state index is 5.70. The molecule has 2 heterocycles. The Morgan fingerprint density at radius 3 is 3.11 bits per heavy atom. The third-order valence-corrected chi connectivity index (χ3v) is 4.03. The van der Waals surface area contributed by atoms with E-state index in [1.54, 1.807) is 11.3 Å². The number of hydrogen-bond donors (Lipinski definition) is 1. The molecule has 2 aromatic rings. The lowest BCUT2D eigenvalue weighted by molar-refractivity contribution is 0.169. The smallest absolute Gasteiger partial charge is 0.165 e. The van der Waals surface area contributed by atoms with E-state index in [2.05, 4.69) is 23.3 Å². The number of nitrogens with zero attached hydrogens (tertiary/aromatic N) is 1. The van der Waals surface area contributed by atoms with Crippen LogP contribution in [0.3, 0.4) is 0 Å². The van der Waals surface area contributed by atoms with Gasteiger partial charge in [0, 0.05) is 23.7 Å². The van der Waals surface area contributed by atoms with Crippen molar-refractivity contribution in [2.75, 3.05) is 13.2 Å². The number of fused-ring (bicyclic) bond motifs is 1. The fourth-order valence-electron chi connectivity index (χ4n) is 2.07. The van der Waals surface area contributed by atoms with Gasteiger partial charge in [-0.2, -0.15) is 0 Å². The third-order valence-electron chi connectivity index (χ3n) is 3.07. The lowest BCUT2D eigenvalue weighted by atomic mass is 10.1. The van der Waals surface area contributed by atoms with Crippen LogP contribution in [0.4, 0.5) is 0 Å². The van der Waals surface area contributed by atoms with E-state index in [-0.39, 0.29) is 6.04 Å². The van der Waals surface area contributed by atoms with Crippen LogP contribution in [0.15, 0.2) is 29.8 Å². The van der Waals surface area contributed by atoms with Gasteiger partial charge in [0.15, 0.2) is 11.5 Å². The van der Waals surface area contributed by atoms with Gasteiger partial charge in [-0.1, -0.05) is 12.1 Å². The van der Waals surface area contributed by atoms with Crippen molar-refractivity contribution < 1.29 is 9.47 Å². The van der Waals surface area contributed by atoms with Crippen molar-refractivity contribution in [3.05, 3.63) is 40.3 Å². The van der Waals surface area contributed by atoms with Gasteiger partial charge in [0.1, 0.15) is 18.2 Å². The first-order valence-electron chi connectivity index (χ1n) is 6.35. The van der Waals surface area contributed by atoms with Crippen LogP contribution < -0.4 is 14.8 Å². The second kappa shape index (κ2) is 5.59. The molecule has 1 aromatic heterocycles. The third kappa shape index (κ3) is 2.72. The molecule has 0 bridgehead atoms. The number of ether oxygens (including phenoxy) is 2. The molecule has 0 saturated heterocycles. The van der Waals surface area contributed by atoms with Crippen molar-refractivity contribution in [2.45, 2.75) is 19.5 Å². The van der Waals surface area contributed by atoms with Crippen LogP contribution in [0.2, 0.25) is 0 Å². The standard InChI is InChI=1S/C14H16N2O2S/c1-10(14-15-5-8-19-14)16-9-11-3-2-4-12-13(11)18-7-6-17-12/h2-5,8,10,16H,6-7,9H2,1H3. The van der Waals surface area contributed by atoms with Crippen LogP contribution >= 0.6 is 11.3 Å². The minimum absolute atomic E-state index is 0.236. The van der Waals surface area contributed by atoms with Gasteiger partial charge in [-0.05, 0) is 13.0 Å². The number of benzene rings is 1. The summed E-state index contributed by atoms with van der Waals surface area (Å²) in [6.45, 7) is 4.10. The van der Waals surface area contributed by atoms with Gasteiger partial charge in [-0.15, -0.1) is 11.3 Å². The molecule has 0 radical (unpaired) electrons. The summed E-state index contributed by atoms with van der Waals surface area (Å²) >= 11 is 1.67. The Kier molecular flexibility index (Phi) is 3.66. The summed E-state index contributed by atoms with van der Waals surface area (Å²) in [7, 11) is 0. The van der Waals surface area contributed by atoms with E-state index in [1.807, 2.05) is 23.7 Å². The Balaban J connectivity index is 1.70. The number of aromatic nitrogens is 1. The molecule has 1 atom stereocenters. The van der Waals surface area contributed by atoms with Crippen LogP contribution in [0.25, 0.3) is 0 Å². The van der Waals surface area contributed by atoms with E-state index in [9.17, 15) is 0 Å². The number of rotatable bonds is 4. The van der Waals surface area contributed by atoms with Crippen LogP contribution in [0.5, 0.6) is 11.5 Å². The molecule has 0 fully saturated rings. The molecular formula is C14H16N2O2S. The van der Waals surface area contributed by atoms with Gasteiger partial charge < -0.3 is 14.8 Å². The van der Waals surface area contributed by atoms with Crippen molar-refractivity contribution in [3.8, 4) is 11.5 Å². The molecule has 1 unspecified atom stereocenters. The predicted octanol–water partition coefficient (Wildman–Crippen LogP) is 2.77. The molecular weight excluding hydrogens is 260 g/mol. The van der Waals surface area contributed by atoms with E-state index in [0.717, 1.165) is 28.6 Å². The molecule has 0 saturated carbocycles. The summed E-state index contributed by atoms with van der Waals surface area (Å²) in [4.78, 5) is 4.32. The molecule has 1 aromatic carbocycles. The van der Waals surface area contributed by atoms with Gasteiger partial charge in [-0.3, -0.25) is 0 Å². The molecule has 19 heavy (non-hydrogen) atoms. The Bertz CT molecular complexity index is 542. The minimum Gasteiger partial charge on any atom is -0.486 e. The molecule has 1 aliphatic rings. The highest BCUT2D eigenvalue weighted by Crippen LogP contribution is 2.33. The monoisotopic (exact) mass is 276 g/mol. The van der Waals surface area contributed by atoms with E-state index in [4.69, 9.17) is 9.47 Å². The van der Waals surface area contributed by atoms with Gasteiger partial charge in [0.2, 0.25) is 0 Å². The zero-order valence-electron chi connectivity index (χ0n) is 10.8. The number of nitrogens with one attached hydrogen (secondary N) is 1. The molecule has 5 heteroatoms. The Morgan fingerprint density at radius 2 is 2.26 bits per heavy atom. The summed E-state index contributed by atoms with van der Waals surface area (Å²) in [6, 6.07) is 6.25. The molecule has 0 amide bonds. The lowest BCUT2D eigenvalue weighted by Crippen LogP contribution is -2.21. The van der Waals surface area contributed by atoms with Gasteiger partial charge in [-0.25, -0.2) is 4.98 Å². The average molecular weight is 276 g/mol. The Morgan fingerprint density at radius 1 is 1.37 bits per heavy atom. The molecule has 100 valence electrons. The van der Waals surface area contributed by atoms with Gasteiger partial charge in [0.05, 0.1) is 6.04 Å². The fourth-order valence-corrected chi connectivity index (χ4v) is 2.74. The number of hydrogen-bond acceptors (Lipinski definition) is 5. The Labute approximate surface area is 116 Å². The van der Waals surface area contributed by atoms with Crippen molar-refractivity contribution in [2.24, 2.45) is 0 Å². The predicted molar refractivity (Wildman–Crippen MR) is 74.8 cm³/mol. The summed E-state index contributed by atoms with van der Waals surface area (Å²) < 4.78 is 11.3. The summed E-state index contributed by atoms with van der Waals surface area (Å²) in [6.07, 6.45) is 1.83. The average Bonchev–Trinajstić information content (AvgIpc) is 2.99. The maximum Gasteiger partial charge on any atom is 0.165 e. The van der Waals surface area contributed by atoms with Crippen molar-refractivity contribution in [3.63, 3.8) is 0 Å². The van der Waals surface area contributed by atoms with Gasteiger partial charge >= 0.3 is 0 Å². The first-order chi connectivity index (χ1) is 9.34. The second-order valence-electron chi connectivity index (χ2n) is 4.41. The fraction of sp³-hybridized carbons (Fsp3) is 0.357. The quantitative estimate of drug-likeness (QED) is 0.932. The van der Waals surface area contributed by atoms with E-state index in [0.29, 0.717) is 13.2 Å². The molecule has 1 aliphatic heterocycles. The lowest BCUT2D eigenvalue weighted by Gasteiger charge is -2.21. The van der Waals surface area contributed by atoms with Crippen molar-refractivity contribution >= 4 is 11.3 Å². The molecule has 0 aliphatic carbocycles. The highest BCUT2D eigenvalue weighted by molar-refractivity contribution is 7.09. The first kappa shape index (κ1) is 12.4. The Hall–Kier alpha value is -1.59. The molecule has 3 rings (SSSR count). The van der Waals surface area contributed by atoms with Gasteiger partial charge in [0.25, 0.3) is 0 Å². The first-order valence-corrected chi connectivity index (χ1v) is 7.23. The number of thiazole rings is 1. The number of para-hydroxylation sites is 1. The molecule has 1 N–H and O–H groups in total. The zero-order chi connectivity index (χ0) is 13.1. The summed E-state index contributed by atoms with van der Waals surface area (Å²) in [5, 5.41) is 6.56. The zero-order valence-corrected chi connectivity index (χ0v) is 11.6. The largest absolute Gasteiger partial charge is 0.486 e. The molecule has 0 spiro atoms.